The third-order valence-corrected chi connectivity index (χ3v) is 4.31. The number of rotatable bonds is 2. The Morgan fingerprint density at radius 1 is 1.29 bits per heavy atom. The lowest BCUT2D eigenvalue weighted by Gasteiger charge is -2.25. The number of hydrogen-bond donors (Lipinski definition) is 1. The number of carbonyl (C=O) groups excluding carboxylic acids is 1. The van der Waals surface area contributed by atoms with Crippen LogP contribution in [0, 0.1) is 9.39 Å². The van der Waals surface area contributed by atoms with E-state index in [1.54, 1.807) is 6.07 Å². The van der Waals surface area contributed by atoms with Gasteiger partial charge < -0.3 is 10.1 Å². The van der Waals surface area contributed by atoms with E-state index in [1.807, 2.05) is 46.9 Å². The Labute approximate surface area is 135 Å². The zero-order valence-corrected chi connectivity index (χ0v) is 13.3. The molecule has 5 heteroatoms. The average molecular weight is 397 g/mol. The minimum absolute atomic E-state index is 0.230. The molecule has 0 radical (unpaired) electrons. The number of ether oxygens (including phenoxy) is 1. The highest BCUT2D eigenvalue weighted by Gasteiger charge is 2.27. The second kappa shape index (κ2) is 6.11. The molecule has 0 aromatic heterocycles. The summed E-state index contributed by atoms with van der Waals surface area (Å²) in [7, 11) is 0. The summed E-state index contributed by atoms with van der Waals surface area (Å²) >= 11 is 1.99. The van der Waals surface area contributed by atoms with Crippen molar-refractivity contribution in [3.63, 3.8) is 0 Å². The maximum Gasteiger partial charge on any atom is 0.258 e. The van der Waals surface area contributed by atoms with Gasteiger partial charge in [0.1, 0.15) is 5.82 Å². The summed E-state index contributed by atoms with van der Waals surface area (Å²) in [5.74, 6) is -0.552. The molecule has 1 amide bonds. The Morgan fingerprint density at radius 2 is 2.10 bits per heavy atom. The van der Waals surface area contributed by atoms with Crippen molar-refractivity contribution in [3.8, 4) is 0 Å². The second-order valence-electron chi connectivity index (χ2n) is 4.81. The molecule has 2 aromatic carbocycles. The van der Waals surface area contributed by atoms with Gasteiger partial charge in [0, 0.05) is 3.57 Å². The maximum absolute atomic E-state index is 13.1. The van der Waals surface area contributed by atoms with Crippen molar-refractivity contribution >= 4 is 34.2 Å². The van der Waals surface area contributed by atoms with Crippen LogP contribution in [-0.4, -0.2) is 12.5 Å². The average Bonchev–Trinajstić information content (AvgIpc) is 2.49. The fourth-order valence-corrected chi connectivity index (χ4v) is 3.01. The number of amides is 1. The Hall–Kier alpha value is -1.47. The summed E-state index contributed by atoms with van der Waals surface area (Å²) in [6.07, 6.45) is 0.199. The van der Waals surface area contributed by atoms with Crippen LogP contribution >= 0.6 is 22.6 Å². The van der Waals surface area contributed by atoms with E-state index in [4.69, 9.17) is 4.74 Å². The molecule has 21 heavy (non-hydrogen) atoms. The Balaban J connectivity index is 1.83. The van der Waals surface area contributed by atoms with Crippen LogP contribution in [0.4, 0.5) is 10.1 Å². The van der Waals surface area contributed by atoms with Crippen molar-refractivity contribution in [3.05, 3.63) is 63.0 Å². The molecule has 1 N–H and O–H groups in total. The van der Waals surface area contributed by atoms with Gasteiger partial charge in [0.15, 0.2) is 6.10 Å². The zero-order chi connectivity index (χ0) is 14.8. The number of nitrogens with one attached hydrogen (secondary N) is 1. The van der Waals surface area contributed by atoms with E-state index in [0.717, 1.165) is 17.5 Å². The summed E-state index contributed by atoms with van der Waals surface area (Å²) in [5, 5.41) is 2.81. The first-order chi connectivity index (χ1) is 10.1. The highest BCUT2D eigenvalue weighted by molar-refractivity contribution is 14.1. The lowest BCUT2D eigenvalue weighted by Crippen LogP contribution is -2.28. The van der Waals surface area contributed by atoms with Crippen LogP contribution in [0.25, 0.3) is 0 Å². The maximum atomic E-state index is 13.1. The predicted octanol–water partition coefficient (Wildman–Crippen LogP) is 3.68. The molecule has 2 aromatic rings. The summed E-state index contributed by atoms with van der Waals surface area (Å²) in [5.41, 5.74) is 2.63. The molecule has 0 aliphatic carbocycles. The summed E-state index contributed by atoms with van der Waals surface area (Å²) in [6.45, 7) is 0.523. The molecule has 1 unspecified atom stereocenters. The molecule has 0 fully saturated rings. The molecule has 0 bridgehead atoms. The first-order valence-electron chi connectivity index (χ1n) is 6.60. The first kappa shape index (κ1) is 14.5. The van der Waals surface area contributed by atoms with E-state index in [1.165, 1.54) is 12.1 Å². The minimum Gasteiger partial charge on any atom is -0.363 e. The van der Waals surface area contributed by atoms with Gasteiger partial charge in [-0.2, -0.15) is 0 Å². The minimum atomic E-state index is -0.615. The van der Waals surface area contributed by atoms with E-state index in [0.29, 0.717) is 15.9 Å². The van der Waals surface area contributed by atoms with Crippen LogP contribution in [0.15, 0.2) is 42.5 Å². The number of hydrogen-bond acceptors (Lipinski definition) is 2. The smallest absolute Gasteiger partial charge is 0.258 e. The lowest BCUT2D eigenvalue weighted by atomic mass is 9.97. The summed E-state index contributed by atoms with van der Waals surface area (Å²) in [6, 6.07) is 12.1. The van der Waals surface area contributed by atoms with Gasteiger partial charge in [-0.15, -0.1) is 0 Å². The van der Waals surface area contributed by atoms with E-state index < -0.39 is 6.10 Å². The van der Waals surface area contributed by atoms with Crippen molar-refractivity contribution in [2.24, 2.45) is 0 Å². The van der Waals surface area contributed by atoms with Gasteiger partial charge in [-0.3, -0.25) is 4.79 Å². The molecule has 0 saturated carbocycles. The molecular formula is C16H13FINO2. The largest absolute Gasteiger partial charge is 0.363 e. The van der Waals surface area contributed by atoms with E-state index in [9.17, 15) is 9.18 Å². The van der Waals surface area contributed by atoms with Gasteiger partial charge in [0.05, 0.1) is 12.3 Å². The molecule has 3 nitrogen and oxygen atoms in total. The first-order valence-corrected chi connectivity index (χ1v) is 7.68. The van der Waals surface area contributed by atoms with Crippen LogP contribution < -0.4 is 5.32 Å². The molecular weight excluding hydrogens is 384 g/mol. The molecule has 1 atom stereocenters. The van der Waals surface area contributed by atoms with Gasteiger partial charge in [-0.05, 0) is 58.3 Å². The van der Waals surface area contributed by atoms with Crippen molar-refractivity contribution < 1.29 is 13.9 Å². The zero-order valence-electron chi connectivity index (χ0n) is 11.1. The van der Waals surface area contributed by atoms with Crippen LogP contribution in [0.3, 0.4) is 0 Å². The third kappa shape index (κ3) is 3.08. The van der Waals surface area contributed by atoms with Crippen LogP contribution in [0.2, 0.25) is 0 Å². The molecule has 0 spiro atoms. The molecule has 0 saturated heterocycles. The number of carbonyl (C=O) groups is 1. The SMILES string of the molecule is O=C(Nc1ccc(F)cc1I)C1OCCc2ccccc21. The van der Waals surface area contributed by atoms with Gasteiger partial charge in [-0.1, -0.05) is 24.3 Å². The summed E-state index contributed by atoms with van der Waals surface area (Å²) in [4.78, 5) is 12.4. The fourth-order valence-electron chi connectivity index (χ4n) is 2.40. The van der Waals surface area contributed by atoms with Crippen LogP contribution in [0.5, 0.6) is 0 Å². The van der Waals surface area contributed by atoms with Crippen LogP contribution in [0.1, 0.15) is 17.2 Å². The van der Waals surface area contributed by atoms with Crippen molar-refractivity contribution in [1.82, 2.24) is 0 Å². The van der Waals surface area contributed by atoms with Gasteiger partial charge in [-0.25, -0.2) is 4.39 Å². The standard InChI is InChI=1S/C16H13FINO2/c17-11-5-6-14(13(18)9-11)19-16(20)15-12-4-2-1-3-10(12)7-8-21-15/h1-6,9,15H,7-8H2,(H,19,20). The van der Waals surface area contributed by atoms with Crippen molar-refractivity contribution in [1.29, 1.82) is 0 Å². The molecule has 3 rings (SSSR count). The van der Waals surface area contributed by atoms with Gasteiger partial charge in [0.25, 0.3) is 5.91 Å². The summed E-state index contributed by atoms with van der Waals surface area (Å²) < 4.78 is 19.4. The molecule has 1 aliphatic rings. The topological polar surface area (TPSA) is 38.3 Å². The lowest BCUT2D eigenvalue weighted by molar-refractivity contribution is -0.128. The Kier molecular flexibility index (Phi) is 4.21. The fraction of sp³-hybridized carbons (Fsp3) is 0.188. The Morgan fingerprint density at radius 3 is 2.90 bits per heavy atom. The third-order valence-electron chi connectivity index (χ3n) is 3.42. The monoisotopic (exact) mass is 397 g/mol. The number of anilines is 1. The predicted molar refractivity (Wildman–Crippen MR) is 86.6 cm³/mol. The van der Waals surface area contributed by atoms with E-state index >= 15 is 0 Å². The number of benzene rings is 2. The van der Waals surface area contributed by atoms with E-state index in [2.05, 4.69) is 5.32 Å². The second-order valence-corrected chi connectivity index (χ2v) is 5.98. The number of halogens is 2. The quantitative estimate of drug-likeness (QED) is 0.786. The molecule has 1 aliphatic heterocycles. The van der Waals surface area contributed by atoms with E-state index in [-0.39, 0.29) is 11.7 Å². The van der Waals surface area contributed by atoms with Gasteiger partial charge >= 0.3 is 0 Å². The highest BCUT2D eigenvalue weighted by Crippen LogP contribution is 2.29. The van der Waals surface area contributed by atoms with Crippen LogP contribution in [-0.2, 0) is 16.0 Å². The highest BCUT2D eigenvalue weighted by atomic mass is 127. The Bertz CT molecular complexity index is 690. The molecule has 108 valence electrons. The van der Waals surface area contributed by atoms with Crippen molar-refractivity contribution in [2.75, 3.05) is 11.9 Å². The molecule has 1 heterocycles. The number of fused-ring (bicyclic) bond motifs is 1. The van der Waals surface area contributed by atoms with Gasteiger partial charge in [0.2, 0.25) is 0 Å². The normalized spacial score (nSPS) is 17.1. The van der Waals surface area contributed by atoms with Crippen molar-refractivity contribution in [2.45, 2.75) is 12.5 Å².